The summed E-state index contributed by atoms with van der Waals surface area (Å²) >= 11 is 1.92. The summed E-state index contributed by atoms with van der Waals surface area (Å²) < 4.78 is 6.60. The summed E-state index contributed by atoms with van der Waals surface area (Å²) in [5, 5.41) is 0. The number of nitrogens with two attached hydrogens (primary N) is 1. The molecule has 0 aromatic heterocycles. The Labute approximate surface area is 120 Å². The second kappa shape index (κ2) is 7.20. The average molecular weight is 362 g/mol. The van der Waals surface area contributed by atoms with Crippen LogP contribution in [0.15, 0.2) is 24.3 Å². The summed E-state index contributed by atoms with van der Waals surface area (Å²) in [6.45, 7) is 2.82. The molecule has 0 heterocycles. The molecular formula is C12H15IN2O3. The molecule has 2 N–H and O–H groups in total. The zero-order chi connectivity index (χ0) is 13.5. The van der Waals surface area contributed by atoms with Gasteiger partial charge in [0, 0.05) is 12.1 Å². The molecule has 0 unspecified atom stereocenters. The standard InChI is InChI=1S/C12H15IN2O3/c1-2-7-15(13)12(17)18-8-9-3-5-10(6-4-9)11(14)16/h3-6H,2,7-8H2,1H3,(H2,14,16). The number of hydrogen-bond donors (Lipinski definition) is 1. The van der Waals surface area contributed by atoms with Crippen LogP contribution in [-0.2, 0) is 11.3 Å². The van der Waals surface area contributed by atoms with Gasteiger partial charge < -0.3 is 10.5 Å². The van der Waals surface area contributed by atoms with Crippen molar-refractivity contribution in [1.82, 2.24) is 3.11 Å². The van der Waals surface area contributed by atoms with Gasteiger partial charge in [0.15, 0.2) is 0 Å². The Morgan fingerprint density at radius 2 is 1.94 bits per heavy atom. The number of carbonyl (C=O) groups excluding carboxylic acids is 2. The van der Waals surface area contributed by atoms with Gasteiger partial charge in [-0.05, 0) is 24.1 Å². The lowest BCUT2D eigenvalue weighted by atomic mass is 10.1. The molecular weight excluding hydrogens is 347 g/mol. The van der Waals surface area contributed by atoms with E-state index in [0.717, 1.165) is 12.0 Å². The van der Waals surface area contributed by atoms with Crippen LogP contribution in [0.4, 0.5) is 4.79 Å². The maximum Gasteiger partial charge on any atom is 0.418 e. The number of benzene rings is 1. The lowest BCUT2D eigenvalue weighted by molar-refractivity contribution is 0.0999. The van der Waals surface area contributed by atoms with Crippen molar-refractivity contribution < 1.29 is 14.3 Å². The van der Waals surface area contributed by atoms with Gasteiger partial charge in [-0.25, -0.2) is 7.91 Å². The van der Waals surface area contributed by atoms with E-state index in [1.807, 2.05) is 29.8 Å². The Balaban J connectivity index is 2.48. The van der Waals surface area contributed by atoms with E-state index >= 15 is 0 Å². The molecule has 0 aliphatic carbocycles. The molecule has 5 nitrogen and oxygen atoms in total. The molecule has 98 valence electrons. The largest absolute Gasteiger partial charge is 0.444 e. The highest BCUT2D eigenvalue weighted by atomic mass is 127. The summed E-state index contributed by atoms with van der Waals surface area (Å²) in [4.78, 5) is 22.4. The van der Waals surface area contributed by atoms with Crippen molar-refractivity contribution in [3.63, 3.8) is 0 Å². The van der Waals surface area contributed by atoms with E-state index in [1.54, 1.807) is 24.3 Å². The van der Waals surface area contributed by atoms with Crippen molar-refractivity contribution in [2.45, 2.75) is 20.0 Å². The number of carbonyl (C=O) groups is 2. The predicted molar refractivity (Wildman–Crippen MR) is 76.2 cm³/mol. The maximum atomic E-state index is 11.5. The van der Waals surface area contributed by atoms with Crippen LogP contribution >= 0.6 is 22.9 Å². The molecule has 0 fully saturated rings. The number of hydrogen-bond acceptors (Lipinski definition) is 3. The minimum atomic E-state index is -0.472. The van der Waals surface area contributed by atoms with Gasteiger partial charge in [0.2, 0.25) is 5.91 Å². The Morgan fingerprint density at radius 1 is 1.33 bits per heavy atom. The van der Waals surface area contributed by atoms with Crippen LogP contribution in [0, 0.1) is 0 Å². The van der Waals surface area contributed by atoms with Gasteiger partial charge in [0.25, 0.3) is 0 Å². The minimum Gasteiger partial charge on any atom is -0.444 e. The lowest BCUT2D eigenvalue weighted by Gasteiger charge is -2.13. The van der Waals surface area contributed by atoms with Crippen molar-refractivity contribution in [2.24, 2.45) is 5.73 Å². The highest BCUT2D eigenvalue weighted by molar-refractivity contribution is 14.1. The first-order chi connectivity index (χ1) is 8.54. The molecule has 1 aromatic rings. The Bertz CT molecular complexity index is 420. The van der Waals surface area contributed by atoms with E-state index in [0.29, 0.717) is 12.1 Å². The van der Waals surface area contributed by atoms with Crippen molar-refractivity contribution >= 4 is 34.9 Å². The first-order valence-corrected chi connectivity index (χ1v) is 6.50. The second-order valence-electron chi connectivity index (χ2n) is 3.70. The third-order valence-corrected chi connectivity index (χ3v) is 3.10. The first-order valence-electron chi connectivity index (χ1n) is 5.53. The van der Waals surface area contributed by atoms with Crippen LogP contribution in [-0.4, -0.2) is 21.7 Å². The summed E-state index contributed by atoms with van der Waals surface area (Å²) in [6, 6.07) is 6.65. The molecule has 0 atom stereocenters. The zero-order valence-corrected chi connectivity index (χ0v) is 12.2. The van der Waals surface area contributed by atoms with E-state index in [2.05, 4.69) is 0 Å². The molecule has 0 saturated heterocycles. The van der Waals surface area contributed by atoms with Gasteiger partial charge in [-0.2, -0.15) is 0 Å². The number of nitrogens with zero attached hydrogens (tertiary/aromatic N) is 1. The summed E-state index contributed by atoms with van der Waals surface area (Å²) in [5.74, 6) is -0.472. The Hall–Kier alpha value is -1.31. The van der Waals surface area contributed by atoms with E-state index in [9.17, 15) is 9.59 Å². The highest BCUT2D eigenvalue weighted by Crippen LogP contribution is 2.09. The van der Waals surface area contributed by atoms with Crippen LogP contribution in [0.1, 0.15) is 29.3 Å². The predicted octanol–water partition coefficient (Wildman–Crippen LogP) is 2.48. The normalized spacial score (nSPS) is 9.89. The smallest absolute Gasteiger partial charge is 0.418 e. The van der Waals surface area contributed by atoms with Crippen LogP contribution in [0.5, 0.6) is 0 Å². The summed E-state index contributed by atoms with van der Waals surface area (Å²) in [7, 11) is 0. The third kappa shape index (κ3) is 4.52. The minimum absolute atomic E-state index is 0.182. The topological polar surface area (TPSA) is 72.6 Å². The van der Waals surface area contributed by atoms with Crippen molar-refractivity contribution in [3.8, 4) is 0 Å². The van der Waals surface area contributed by atoms with E-state index in [1.165, 1.54) is 3.11 Å². The van der Waals surface area contributed by atoms with Gasteiger partial charge in [-0.1, -0.05) is 19.1 Å². The molecule has 0 radical (unpaired) electrons. The number of ether oxygens (including phenoxy) is 1. The van der Waals surface area contributed by atoms with Gasteiger partial charge >= 0.3 is 6.09 Å². The average Bonchev–Trinajstić information content (AvgIpc) is 2.36. The Kier molecular flexibility index (Phi) is 5.90. The number of primary amides is 1. The fourth-order valence-corrected chi connectivity index (χ4v) is 1.89. The molecule has 0 aliphatic rings. The highest BCUT2D eigenvalue weighted by Gasteiger charge is 2.10. The van der Waals surface area contributed by atoms with Crippen molar-refractivity contribution in [3.05, 3.63) is 35.4 Å². The van der Waals surface area contributed by atoms with E-state index in [-0.39, 0.29) is 12.7 Å². The van der Waals surface area contributed by atoms with Crippen molar-refractivity contribution in [2.75, 3.05) is 6.54 Å². The molecule has 2 amide bonds. The van der Waals surface area contributed by atoms with Gasteiger partial charge in [0.1, 0.15) is 6.61 Å². The molecule has 0 bridgehead atoms. The summed E-state index contributed by atoms with van der Waals surface area (Å²) in [5.41, 5.74) is 6.38. The first kappa shape index (κ1) is 14.7. The fraction of sp³-hybridized carbons (Fsp3) is 0.333. The zero-order valence-electron chi connectivity index (χ0n) is 10.1. The second-order valence-corrected chi connectivity index (χ2v) is 4.87. The number of rotatable bonds is 5. The van der Waals surface area contributed by atoms with E-state index in [4.69, 9.17) is 10.5 Å². The van der Waals surface area contributed by atoms with Crippen LogP contribution in [0.3, 0.4) is 0 Å². The van der Waals surface area contributed by atoms with Gasteiger partial charge in [-0.3, -0.25) is 4.79 Å². The van der Waals surface area contributed by atoms with Crippen LogP contribution in [0.2, 0.25) is 0 Å². The summed E-state index contributed by atoms with van der Waals surface area (Å²) in [6.07, 6.45) is 0.516. The third-order valence-electron chi connectivity index (χ3n) is 2.22. The Morgan fingerprint density at radius 3 is 2.44 bits per heavy atom. The number of halogens is 1. The lowest BCUT2D eigenvalue weighted by Crippen LogP contribution is -2.22. The maximum absolute atomic E-state index is 11.5. The molecule has 18 heavy (non-hydrogen) atoms. The number of amides is 2. The SMILES string of the molecule is CCCN(I)C(=O)OCc1ccc(C(N)=O)cc1. The quantitative estimate of drug-likeness (QED) is 0.646. The fourth-order valence-electron chi connectivity index (χ4n) is 1.27. The van der Waals surface area contributed by atoms with Crippen LogP contribution < -0.4 is 5.73 Å². The van der Waals surface area contributed by atoms with Gasteiger partial charge in [-0.15, -0.1) is 0 Å². The molecule has 1 aromatic carbocycles. The van der Waals surface area contributed by atoms with Crippen LogP contribution in [0.25, 0.3) is 0 Å². The van der Waals surface area contributed by atoms with Crippen molar-refractivity contribution in [1.29, 1.82) is 0 Å². The molecule has 0 aliphatic heterocycles. The van der Waals surface area contributed by atoms with E-state index < -0.39 is 5.91 Å². The molecule has 0 spiro atoms. The molecule has 1 rings (SSSR count). The molecule has 0 saturated carbocycles. The monoisotopic (exact) mass is 362 g/mol. The molecule has 6 heteroatoms. The van der Waals surface area contributed by atoms with Gasteiger partial charge in [0.05, 0.1) is 22.9 Å².